The zero-order chi connectivity index (χ0) is 13.9. The Bertz CT molecular complexity index is 554. The molecule has 3 nitrogen and oxygen atoms in total. The van der Waals surface area contributed by atoms with Crippen LogP contribution in [0.25, 0.3) is 0 Å². The Kier molecular flexibility index (Phi) is 3.86. The number of aromatic nitrogens is 1. The van der Waals surface area contributed by atoms with Crippen molar-refractivity contribution in [1.82, 2.24) is 4.98 Å². The van der Waals surface area contributed by atoms with E-state index in [0.29, 0.717) is 18.7 Å². The molecule has 3 N–H and O–H groups in total. The van der Waals surface area contributed by atoms with Gasteiger partial charge in [-0.15, -0.1) is 0 Å². The van der Waals surface area contributed by atoms with Gasteiger partial charge in [-0.2, -0.15) is 0 Å². The van der Waals surface area contributed by atoms with Gasteiger partial charge in [0, 0.05) is 18.2 Å². The highest BCUT2D eigenvalue weighted by Crippen LogP contribution is 2.32. The van der Waals surface area contributed by atoms with Crippen LogP contribution in [0, 0.1) is 6.92 Å². The average Bonchev–Trinajstić information content (AvgIpc) is 2.42. The lowest BCUT2D eigenvalue weighted by atomic mass is 9.85. The molecule has 0 fully saturated rings. The molecule has 3 heteroatoms. The molecule has 0 aliphatic heterocycles. The molecule has 0 amide bonds. The molecule has 1 aromatic heterocycles. The Balaban J connectivity index is 2.39. The normalized spacial score (nSPS) is 14.1. The predicted molar refractivity (Wildman–Crippen MR) is 77.7 cm³/mol. The van der Waals surface area contributed by atoms with E-state index in [-0.39, 0.29) is 0 Å². The fraction of sp³-hybridized carbons (Fsp3) is 0.312. The van der Waals surface area contributed by atoms with Gasteiger partial charge in [-0.05, 0) is 30.5 Å². The van der Waals surface area contributed by atoms with Crippen LogP contribution in [0.2, 0.25) is 0 Å². The van der Waals surface area contributed by atoms with Gasteiger partial charge in [0.15, 0.2) is 0 Å². The molecular weight excluding hydrogens is 236 g/mol. The number of aliphatic hydroxyl groups is 1. The summed E-state index contributed by atoms with van der Waals surface area (Å²) in [5, 5.41) is 10.9. The summed E-state index contributed by atoms with van der Waals surface area (Å²) in [7, 11) is 0. The number of aryl methyl sites for hydroxylation is 1. The van der Waals surface area contributed by atoms with Crippen LogP contribution in [0.4, 0.5) is 5.82 Å². The molecule has 1 unspecified atom stereocenters. The first-order valence-corrected chi connectivity index (χ1v) is 6.54. The van der Waals surface area contributed by atoms with Gasteiger partial charge in [0.25, 0.3) is 0 Å². The minimum Gasteiger partial charge on any atom is -0.385 e. The lowest BCUT2D eigenvalue weighted by molar-refractivity contribution is 0.0332. The molecule has 1 atom stereocenters. The van der Waals surface area contributed by atoms with Crippen LogP contribution in [0.1, 0.15) is 30.0 Å². The number of benzene rings is 1. The first kappa shape index (κ1) is 13.6. The van der Waals surface area contributed by atoms with Crippen LogP contribution in [0.15, 0.2) is 42.6 Å². The van der Waals surface area contributed by atoms with E-state index in [9.17, 15) is 5.11 Å². The Morgan fingerprint density at radius 3 is 2.58 bits per heavy atom. The van der Waals surface area contributed by atoms with Crippen LogP contribution in [-0.2, 0) is 12.0 Å². The molecule has 2 rings (SSSR count). The summed E-state index contributed by atoms with van der Waals surface area (Å²) in [6, 6.07) is 11.9. The first-order valence-electron chi connectivity index (χ1n) is 6.54. The van der Waals surface area contributed by atoms with Crippen molar-refractivity contribution >= 4 is 5.82 Å². The van der Waals surface area contributed by atoms with Crippen LogP contribution >= 0.6 is 0 Å². The van der Waals surface area contributed by atoms with E-state index in [2.05, 4.69) is 4.98 Å². The van der Waals surface area contributed by atoms with E-state index >= 15 is 0 Å². The fourth-order valence-corrected chi connectivity index (χ4v) is 2.30. The number of nitrogens with two attached hydrogens (primary N) is 1. The zero-order valence-electron chi connectivity index (χ0n) is 11.4. The van der Waals surface area contributed by atoms with Gasteiger partial charge >= 0.3 is 0 Å². The van der Waals surface area contributed by atoms with Crippen molar-refractivity contribution in [1.29, 1.82) is 0 Å². The second kappa shape index (κ2) is 5.41. The number of hydrogen-bond donors (Lipinski definition) is 2. The number of nitrogens with zero attached hydrogens (tertiary/aromatic N) is 1. The van der Waals surface area contributed by atoms with Crippen molar-refractivity contribution in [2.24, 2.45) is 0 Å². The number of hydrogen-bond acceptors (Lipinski definition) is 3. The summed E-state index contributed by atoms with van der Waals surface area (Å²) in [6.45, 7) is 3.92. The molecular formula is C16H20N2O. The third-order valence-corrected chi connectivity index (χ3v) is 3.48. The SMILES string of the molecule is CCC(O)(Cc1ccccc1)c1cc(C)cnc1N. The number of nitrogen functional groups attached to an aromatic ring is 1. The second-order valence-electron chi connectivity index (χ2n) is 4.99. The van der Waals surface area contributed by atoms with Crippen LogP contribution in [0.3, 0.4) is 0 Å². The van der Waals surface area contributed by atoms with Gasteiger partial charge < -0.3 is 10.8 Å². The highest BCUT2D eigenvalue weighted by molar-refractivity contribution is 5.45. The molecule has 0 saturated carbocycles. The monoisotopic (exact) mass is 256 g/mol. The maximum Gasteiger partial charge on any atom is 0.129 e. The third-order valence-electron chi connectivity index (χ3n) is 3.48. The quantitative estimate of drug-likeness (QED) is 0.884. The molecule has 0 saturated heterocycles. The van der Waals surface area contributed by atoms with Crippen LogP contribution in [-0.4, -0.2) is 10.1 Å². The van der Waals surface area contributed by atoms with Crippen molar-refractivity contribution in [3.05, 3.63) is 59.3 Å². The molecule has 0 aliphatic rings. The maximum atomic E-state index is 10.9. The van der Waals surface area contributed by atoms with Crippen LogP contribution in [0.5, 0.6) is 0 Å². The van der Waals surface area contributed by atoms with Crippen molar-refractivity contribution in [2.45, 2.75) is 32.3 Å². The molecule has 0 aliphatic carbocycles. The van der Waals surface area contributed by atoms with E-state index in [1.165, 1.54) is 0 Å². The van der Waals surface area contributed by atoms with Gasteiger partial charge in [-0.1, -0.05) is 37.3 Å². The highest BCUT2D eigenvalue weighted by Gasteiger charge is 2.30. The molecule has 19 heavy (non-hydrogen) atoms. The number of anilines is 1. The highest BCUT2D eigenvalue weighted by atomic mass is 16.3. The van der Waals surface area contributed by atoms with E-state index in [0.717, 1.165) is 16.7 Å². The summed E-state index contributed by atoms with van der Waals surface area (Å²) >= 11 is 0. The molecule has 1 heterocycles. The molecule has 2 aromatic rings. The Hall–Kier alpha value is -1.87. The van der Waals surface area contributed by atoms with E-state index < -0.39 is 5.60 Å². The average molecular weight is 256 g/mol. The summed E-state index contributed by atoms with van der Waals surface area (Å²) < 4.78 is 0. The largest absolute Gasteiger partial charge is 0.385 e. The maximum absolute atomic E-state index is 10.9. The molecule has 100 valence electrons. The first-order chi connectivity index (χ1) is 9.05. The number of rotatable bonds is 4. The molecule has 1 aromatic carbocycles. The molecule has 0 radical (unpaired) electrons. The van der Waals surface area contributed by atoms with Crippen LogP contribution < -0.4 is 5.73 Å². The summed E-state index contributed by atoms with van der Waals surface area (Å²) in [4.78, 5) is 4.15. The topological polar surface area (TPSA) is 59.1 Å². The van der Waals surface area contributed by atoms with Gasteiger partial charge in [0.05, 0.1) is 5.60 Å². The Morgan fingerprint density at radius 1 is 1.26 bits per heavy atom. The van der Waals surface area contributed by atoms with Gasteiger partial charge in [0.2, 0.25) is 0 Å². The standard InChI is InChI=1S/C16H20N2O/c1-3-16(19,10-13-7-5-4-6-8-13)14-9-12(2)11-18-15(14)17/h4-9,11,19H,3,10H2,1-2H3,(H2,17,18). The lowest BCUT2D eigenvalue weighted by Gasteiger charge is -2.28. The van der Waals surface area contributed by atoms with Crippen molar-refractivity contribution in [3.63, 3.8) is 0 Å². The van der Waals surface area contributed by atoms with E-state index in [1.54, 1.807) is 6.20 Å². The summed E-state index contributed by atoms with van der Waals surface area (Å²) in [6.07, 6.45) is 2.86. The van der Waals surface area contributed by atoms with Gasteiger partial charge in [-0.3, -0.25) is 0 Å². The van der Waals surface area contributed by atoms with E-state index in [1.807, 2.05) is 50.2 Å². The third kappa shape index (κ3) is 2.93. The van der Waals surface area contributed by atoms with Crippen molar-refractivity contribution in [2.75, 3.05) is 5.73 Å². The van der Waals surface area contributed by atoms with Crippen molar-refractivity contribution < 1.29 is 5.11 Å². The van der Waals surface area contributed by atoms with Gasteiger partial charge in [-0.25, -0.2) is 4.98 Å². The minimum atomic E-state index is -0.968. The minimum absolute atomic E-state index is 0.408. The Labute approximate surface area is 114 Å². The Morgan fingerprint density at radius 2 is 1.95 bits per heavy atom. The summed E-state index contributed by atoms with van der Waals surface area (Å²) in [5.41, 5.74) is 7.78. The summed E-state index contributed by atoms with van der Waals surface area (Å²) in [5.74, 6) is 0.408. The second-order valence-corrected chi connectivity index (χ2v) is 4.99. The molecule has 0 spiro atoms. The van der Waals surface area contributed by atoms with E-state index in [4.69, 9.17) is 5.73 Å². The smallest absolute Gasteiger partial charge is 0.129 e. The molecule has 0 bridgehead atoms. The number of pyridine rings is 1. The fourth-order valence-electron chi connectivity index (χ4n) is 2.30. The van der Waals surface area contributed by atoms with Crippen molar-refractivity contribution in [3.8, 4) is 0 Å². The zero-order valence-corrected chi connectivity index (χ0v) is 11.4. The van der Waals surface area contributed by atoms with Gasteiger partial charge in [0.1, 0.15) is 5.82 Å². The predicted octanol–water partition coefficient (Wildman–Crippen LogP) is 2.81. The lowest BCUT2D eigenvalue weighted by Crippen LogP contribution is -2.29.